The van der Waals surface area contributed by atoms with Gasteiger partial charge in [-0.1, -0.05) is 0 Å². The topological polar surface area (TPSA) is 83.8 Å². The Morgan fingerprint density at radius 2 is 1.33 bits per heavy atom. The molecule has 12 heavy (non-hydrogen) atoms. The molecule has 0 amide bonds. The van der Waals surface area contributed by atoms with Gasteiger partial charge in [-0.25, -0.2) is 9.59 Å². The van der Waals surface area contributed by atoms with E-state index in [0.29, 0.717) is 0 Å². The zero-order chi connectivity index (χ0) is 9.02. The van der Waals surface area contributed by atoms with Crippen LogP contribution in [0.2, 0.25) is 0 Å². The third-order valence-corrected chi connectivity index (χ3v) is 0.883. The van der Waals surface area contributed by atoms with Gasteiger partial charge in [-0.05, 0) is 13.8 Å². The van der Waals surface area contributed by atoms with E-state index < -0.39 is 24.1 Å². The molecule has 0 aromatic carbocycles. The number of hydrogen-bond donors (Lipinski definition) is 2. The van der Waals surface area contributed by atoms with Gasteiger partial charge in [0, 0.05) is 0 Å². The summed E-state index contributed by atoms with van der Waals surface area (Å²) in [5.74, 6) is -2.12. The number of aliphatic hydroxyl groups is 2. The minimum atomic E-state index is -1.35. The van der Waals surface area contributed by atoms with Crippen LogP contribution in [0.3, 0.4) is 0 Å². The quantitative estimate of drug-likeness (QED) is 0.306. The second kappa shape index (κ2) is 6.79. The fraction of sp³-hybridized carbons (Fsp3) is 0.667. The zero-order valence-corrected chi connectivity index (χ0v) is 6.27. The molecule has 0 bridgehead atoms. The number of aliphatic hydroxyl groups excluding tert-OH is 2. The van der Waals surface area contributed by atoms with Crippen molar-refractivity contribution in [2.75, 3.05) is 0 Å². The molecule has 0 aliphatic heterocycles. The Morgan fingerprint density at radius 3 is 1.50 bits per heavy atom. The van der Waals surface area contributed by atoms with E-state index in [0.717, 1.165) is 13.8 Å². The molecule has 0 spiro atoms. The van der Waals surface area contributed by atoms with Crippen LogP contribution < -0.4 is 0 Å². The molecule has 2 atom stereocenters. The average Bonchev–Trinajstić information content (AvgIpc) is 1.87. The molecule has 6 heteroatoms. The summed E-state index contributed by atoms with van der Waals surface area (Å²) in [4.78, 5) is 20.9. The number of rotatable bonds is 2. The molecule has 0 rings (SSSR count). The molecule has 2 N–H and O–H groups in total. The average molecular weight is 204 g/mol. The Balaban J connectivity index is 0. The van der Waals surface area contributed by atoms with Crippen LogP contribution in [0.1, 0.15) is 13.8 Å². The van der Waals surface area contributed by atoms with E-state index in [-0.39, 0.29) is 37.7 Å². The summed E-state index contributed by atoms with van der Waals surface area (Å²) in [5, 5.41) is 17.1. The van der Waals surface area contributed by atoms with Crippen molar-refractivity contribution in [1.29, 1.82) is 0 Å². The van der Waals surface area contributed by atoms with E-state index in [2.05, 4.69) is 4.74 Å². The van der Waals surface area contributed by atoms with Crippen molar-refractivity contribution in [1.82, 2.24) is 0 Å². The molecular formula is C6H12CaO5. The van der Waals surface area contributed by atoms with Crippen molar-refractivity contribution in [3.8, 4) is 0 Å². The van der Waals surface area contributed by atoms with Gasteiger partial charge in [-0.15, -0.1) is 0 Å². The fourth-order valence-corrected chi connectivity index (χ4v) is 0.270. The third kappa shape index (κ3) is 5.91. The summed E-state index contributed by atoms with van der Waals surface area (Å²) >= 11 is 0. The molecule has 0 aromatic rings. The van der Waals surface area contributed by atoms with E-state index >= 15 is 0 Å². The van der Waals surface area contributed by atoms with Gasteiger partial charge in [0.05, 0.1) is 0 Å². The molecule has 0 aromatic heterocycles. The number of carbonyl (C=O) groups excluding carboxylic acids is 2. The molecule has 5 nitrogen and oxygen atoms in total. The van der Waals surface area contributed by atoms with Crippen molar-refractivity contribution in [2.24, 2.45) is 0 Å². The van der Waals surface area contributed by atoms with Gasteiger partial charge in [0.15, 0.2) is 0 Å². The summed E-state index contributed by atoms with van der Waals surface area (Å²) in [6, 6.07) is 0. The van der Waals surface area contributed by atoms with Crippen LogP contribution in [0.4, 0.5) is 0 Å². The molecule has 0 saturated heterocycles. The SMILES string of the molecule is CC(O)C(=O)OC(=O)C(C)O.[CaH2]. The van der Waals surface area contributed by atoms with Crippen molar-refractivity contribution in [2.45, 2.75) is 26.1 Å². The number of carbonyl (C=O) groups is 2. The maximum absolute atomic E-state index is 10.5. The Morgan fingerprint density at radius 1 is 1.08 bits per heavy atom. The van der Waals surface area contributed by atoms with Crippen molar-refractivity contribution >= 4 is 49.7 Å². The molecule has 0 fully saturated rings. The van der Waals surface area contributed by atoms with Gasteiger partial charge in [-0.2, -0.15) is 0 Å². The second-order valence-corrected chi connectivity index (χ2v) is 2.09. The van der Waals surface area contributed by atoms with Crippen LogP contribution in [-0.4, -0.2) is 72.1 Å². The van der Waals surface area contributed by atoms with Crippen LogP contribution in [0, 0.1) is 0 Å². The summed E-state index contributed by atoms with van der Waals surface area (Å²) in [6.07, 6.45) is -2.70. The van der Waals surface area contributed by atoms with Gasteiger partial charge in [0.1, 0.15) is 12.2 Å². The number of ether oxygens (including phenoxy) is 1. The number of hydrogen-bond acceptors (Lipinski definition) is 5. The first kappa shape index (κ1) is 14.8. The van der Waals surface area contributed by atoms with Gasteiger partial charge in [-0.3, -0.25) is 0 Å². The second-order valence-electron chi connectivity index (χ2n) is 2.09. The van der Waals surface area contributed by atoms with Gasteiger partial charge >= 0.3 is 49.7 Å². The van der Waals surface area contributed by atoms with Crippen LogP contribution in [0.25, 0.3) is 0 Å². The van der Waals surface area contributed by atoms with Crippen molar-refractivity contribution in [3.05, 3.63) is 0 Å². The fourth-order valence-electron chi connectivity index (χ4n) is 0.270. The first-order valence-corrected chi connectivity index (χ1v) is 3.06. The first-order chi connectivity index (χ1) is 4.95. The van der Waals surface area contributed by atoms with Crippen LogP contribution in [0.5, 0.6) is 0 Å². The van der Waals surface area contributed by atoms with E-state index in [9.17, 15) is 9.59 Å². The molecule has 0 radical (unpaired) electrons. The first-order valence-electron chi connectivity index (χ1n) is 3.06. The van der Waals surface area contributed by atoms with E-state index in [1.165, 1.54) is 0 Å². The van der Waals surface area contributed by atoms with Crippen LogP contribution in [0.15, 0.2) is 0 Å². The molecule has 0 heterocycles. The minimum absolute atomic E-state index is 0. The van der Waals surface area contributed by atoms with E-state index in [1.54, 1.807) is 0 Å². The monoisotopic (exact) mass is 204 g/mol. The molecular weight excluding hydrogens is 192 g/mol. The van der Waals surface area contributed by atoms with Gasteiger partial charge in [0.2, 0.25) is 0 Å². The standard InChI is InChI=1S/C6H10O5.Ca.2H/c1-3(7)5(9)11-6(10)4(2)8;;;/h3-4,7-8H,1-2H3;;;. The Bertz CT molecular complexity index is 147. The predicted octanol–water partition coefficient (Wildman–Crippen LogP) is -2.10. The Labute approximate surface area is 99.7 Å². The Kier molecular flexibility index (Phi) is 8.39. The van der Waals surface area contributed by atoms with Gasteiger partial charge in [0.25, 0.3) is 0 Å². The summed E-state index contributed by atoms with van der Waals surface area (Å²) in [6.45, 7) is 2.33. The zero-order valence-electron chi connectivity index (χ0n) is 6.27. The molecule has 68 valence electrons. The number of esters is 2. The van der Waals surface area contributed by atoms with Crippen molar-refractivity contribution < 1.29 is 24.5 Å². The molecule has 2 unspecified atom stereocenters. The normalized spacial score (nSPS) is 14.0. The Hall–Kier alpha value is 0.320. The van der Waals surface area contributed by atoms with Crippen LogP contribution >= 0.6 is 0 Å². The van der Waals surface area contributed by atoms with Gasteiger partial charge < -0.3 is 14.9 Å². The maximum atomic E-state index is 10.5. The third-order valence-electron chi connectivity index (χ3n) is 0.883. The molecule has 0 aliphatic rings. The summed E-state index contributed by atoms with van der Waals surface area (Å²) in [5.41, 5.74) is 0. The van der Waals surface area contributed by atoms with Crippen molar-refractivity contribution in [3.63, 3.8) is 0 Å². The predicted molar refractivity (Wildman–Crippen MR) is 43.0 cm³/mol. The molecule has 0 saturated carbocycles. The van der Waals surface area contributed by atoms with Crippen LogP contribution in [-0.2, 0) is 14.3 Å². The molecule has 0 aliphatic carbocycles. The summed E-state index contributed by atoms with van der Waals surface area (Å²) < 4.78 is 4.00. The van der Waals surface area contributed by atoms with E-state index in [1.807, 2.05) is 0 Å². The van der Waals surface area contributed by atoms with E-state index in [4.69, 9.17) is 10.2 Å². The summed E-state index contributed by atoms with van der Waals surface area (Å²) in [7, 11) is 0.